The molecule has 31 heavy (non-hydrogen) atoms. The van der Waals surface area contributed by atoms with Crippen LogP contribution in [0.4, 0.5) is 11.4 Å². The normalized spacial score (nSPS) is 13.3. The summed E-state index contributed by atoms with van der Waals surface area (Å²) in [4.78, 5) is 24.6. The molecule has 1 aliphatic heterocycles. The number of carbonyl (C=O) groups is 1. The number of benzene rings is 3. The molecule has 9 heteroatoms. The molecular formula is C22H17ClN2O5S. The van der Waals surface area contributed by atoms with Crippen LogP contribution in [0.5, 0.6) is 11.5 Å². The number of ether oxygens (including phenoxy) is 2. The maximum atomic E-state index is 13.2. The topological polar surface area (TPSA) is 90.7 Å². The molecule has 1 amide bonds. The number of nitro groups is 1. The van der Waals surface area contributed by atoms with Gasteiger partial charge < -0.3 is 14.8 Å². The zero-order valence-corrected chi connectivity index (χ0v) is 17.7. The minimum absolute atomic E-state index is 0.00765. The second-order valence-electron chi connectivity index (χ2n) is 6.63. The van der Waals surface area contributed by atoms with Crippen LogP contribution < -0.4 is 14.8 Å². The summed E-state index contributed by atoms with van der Waals surface area (Å²) in [5.41, 5.74) is 0.823. The molecule has 4 rings (SSSR count). The van der Waals surface area contributed by atoms with E-state index >= 15 is 0 Å². The number of amides is 1. The molecule has 158 valence electrons. The zero-order valence-electron chi connectivity index (χ0n) is 16.1. The highest BCUT2D eigenvalue weighted by Gasteiger charge is 2.24. The van der Waals surface area contributed by atoms with Crippen molar-refractivity contribution in [1.29, 1.82) is 0 Å². The van der Waals surface area contributed by atoms with Gasteiger partial charge in [-0.15, -0.1) is 11.8 Å². The van der Waals surface area contributed by atoms with Crippen LogP contribution >= 0.6 is 23.4 Å². The lowest BCUT2D eigenvalue weighted by atomic mass is 10.1. The smallest absolute Gasteiger partial charge is 0.289 e. The molecule has 1 atom stereocenters. The molecular weight excluding hydrogens is 440 g/mol. The largest absolute Gasteiger partial charge is 0.486 e. The van der Waals surface area contributed by atoms with Crippen LogP contribution in [-0.2, 0) is 4.79 Å². The second-order valence-corrected chi connectivity index (χ2v) is 8.21. The first-order valence-electron chi connectivity index (χ1n) is 9.37. The average Bonchev–Trinajstić information content (AvgIpc) is 2.79. The first kappa shape index (κ1) is 21.0. The van der Waals surface area contributed by atoms with Crippen LogP contribution in [0.2, 0.25) is 5.02 Å². The van der Waals surface area contributed by atoms with Gasteiger partial charge >= 0.3 is 0 Å². The highest BCUT2D eigenvalue weighted by atomic mass is 35.5. The number of nitrogens with one attached hydrogen (secondary N) is 1. The van der Waals surface area contributed by atoms with Crippen molar-refractivity contribution in [3.05, 3.63) is 87.4 Å². The van der Waals surface area contributed by atoms with E-state index in [1.54, 1.807) is 0 Å². The van der Waals surface area contributed by atoms with Crippen molar-refractivity contribution in [2.45, 2.75) is 10.1 Å². The van der Waals surface area contributed by atoms with Gasteiger partial charge in [-0.05, 0) is 35.9 Å². The maximum absolute atomic E-state index is 13.2. The number of nitrogens with zero attached hydrogens (tertiary/aromatic N) is 1. The number of nitro benzene ring substituents is 1. The molecule has 3 aromatic carbocycles. The van der Waals surface area contributed by atoms with E-state index in [0.29, 0.717) is 30.4 Å². The standard InChI is InChI=1S/C22H17ClN2O5S/c23-17-8-6-15(12-18(17)25(27)28)24-22(26)21(14-4-2-1-3-5-14)31-16-7-9-19-20(13-16)30-11-10-29-19/h1-9,12-13,21H,10-11H2,(H,24,26). The molecule has 1 N–H and O–H groups in total. The van der Waals surface area contributed by atoms with Crippen LogP contribution in [0, 0.1) is 10.1 Å². The minimum Gasteiger partial charge on any atom is -0.486 e. The monoisotopic (exact) mass is 456 g/mol. The Morgan fingerprint density at radius 1 is 1.03 bits per heavy atom. The first-order valence-corrected chi connectivity index (χ1v) is 10.6. The molecule has 0 radical (unpaired) electrons. The fraction of sp³-hybridized carbons (Fsp3) is 0.136. The Hall–Kier alpha value is -3.23. The number of anilines is 1. The predicted molar refractivity (Wildman–Crippen MR) is 119 cm³/mol. The SMILES string of the molecule is O=C(Nc1ccc(Cl)c([N+](=O)[O-])c1)C(Sc1ccc2c(c1)OCCO2)c1ccccc1. The zero-order chi connectivity index (χ0) is 21.8. The molecule has 3 aromatic rings. The number of hydrogen-bond donors (Lipinski definition) is 1. The summed E-state index contributed by atoms with van der Waals surface area (Å²) in [6, 6.07) is 19.0. The van der Waals surface area contributed by atoms with Gasteiger partial charge in [0, 0.05) is 16.6 Å². The summed E-state index contributed by atoms with van der Waals surface area (Å²) in [6.45, 7) is 0.973. The Morgan fingerprint density at radius 3 is 2.52 bits per heavy atom. The lowest BCUT2D eigenvalue weighted by molar-refractivity contribution is -0.384. The Labute approximate surface area is 187 Å². The van der Waals surface area contributed by atoms with Gasteiger partial charge in [-0.3, -0.25) is 14.9 Å². The van der Waals surface area contributed by atoms with Crippen molar-refractivity contribution in [1.82, 2.24) is 0 Å². The van der Waals surface area contributed by atoms with Crippen molar-refractivity contribution in [3.8, 4) is 11.5 Å². The van der Waals surface area contributed by atoms with Crippen molar-refractivity contribution in [2.24, 2.45) is 0 Å². The Kier molecular flexibility index (Phi) is 6.29. The maximum Gasteiger partial charge on any atom is 0.289 e. The van der Waals surface area contributed by atoms with E-state index in [1.807, 2.05) is 48.5 Å². The summed E-state index contributed by atoms with van der Waals surface area (Å²) in [7, 11) is 0. The molecule has 1 aliphatic rings. The van der Waals surface area contributed by atoms with E-state index in [1.165, 1.54) is 30.0 Å². The van der Waals surface area contributed by atoms with Gasteiger partial charge in [0.2, 0.25) is 5.91 Å². The van der Waals surface area contributed by atoms with Gasteiger partial charge in [-0.2, -0.15) is 0 Å². The number of halogens is 1. The third kappa shape index (κ3) is 4.92. The van der Waals surface area contributed by atoms with Crippen LogP contribution in [0.15, 0.2) is 71.6 Å². The number of fused-ring (bicyclic) bond motifs is 1. The fourth-order valence-corrected chi connectivity index (χ4v) is 4.31. The van der Waals surface area contributed by atoms with Gasteiger partial charge in [0.15, 0.2) is 11.5 Å². The van der Waals surface area contributed by atoms with Crippen LogP contribution in [0.3, 0.4) is 0 Å². The molecule has 0 aliphatic carbocycles. The summed E-state index contributed by atoms with van der Waals surface area (Å²) in [5.74, 6) is 0.990. The first-order chi connectivity index (χ1) is 15.0. The van der Waals surface area contributed by atoms with Gasteiger partial charge in [0.1, 0.15) is 23.5 Å². The highest BCUT2D eigenvalue weighted by Crippen LogP contribution is 2.41. The van der Waals surface area contributed by atoms with E-state index < -0.39 is 10.2 Å². The molecule has 7 nitrogen and oxygen atoms in total. The van der Waals surface area contributed by atoms with Crippen LogP contribution in [0.25, 0.3) is 0 Å². The van der Waals surface area contributed by atoms with E-state index in [-0.39, 0.29) is 16.6 Å². The van der Waals surface area contributed by atoms with Crippen LogP contribution in [0.1, 0.15) is 10.8 Å². The van der Waals surface area contributed by atoms with Gasteiger partial charge in [0.05, 0.1) is 4.92 Å². The fourth-order valence-electron chi connectivity index (χ4n) is 3.07. The molecule has 1 unspecified atom stereocenters. The number of rotatable bonds is 6. The summed E-state index contributed by atoms with van der Waals surface area (Å²) in [5, 5.41) is 13.3. The third-order valence-corrected chi connectivity index (χ3v) is 6.09. The van der Waals surface area contributed by atoms with Gasteiger partial charge in [0.25, 0.3) is 5.69 Å². The summed E-state index contributed by atoms with van der Waals surface area (Å²) < 4.78 is 11.2. The molecule has 0 spiro atoms. The summed E-state index contributed by atoms with van der Waals surface area (Å²) in [6.07, 6.45) is 0. The third-order valence-electron chi connectivity index (χ3n) is 4.52. The number of thioether (sulfide) groups is 1. The molecule has 1 heterocycles. The Morgan fingerprint density at radius 2 is 1.77 bits per heavy atom. The quantitative estimate of drug-likeness (QED) is 0.299. The van der Waals surface area contributed by atoms with Crippen molar-refractivity contribution in [2.75, 3.05) is 18.5 Å². The second kappa shape index (κ2) is 9.28. The van der Waals surface area contributed by atoms with Gasteiger partial charge in [-0.25, -0.2) is 0 Å². The molecule has 0 fully saturated rings. The summed E-state index contributed by atoms with van der Waals surface area (Å²) >= 11 is 7.22. The molecule has 0 saturated carbocycles. The molecule has 0 saturated heterocycles. The van der Waals surface area contributed by atoms with E-state index in [2.05, 4.69) is 5.32 Å². The number of carbonyl (C=O) groups excluding carboxylic acids is 1. The van der Waals surface area contributed by atoms with E-state index in [4.69, 9.17) is 21.1 Å². The van der Waals surface area contributed by atoms with Crippen molar-refractivity contribution >= 4 is 40.6 Å². The van der Waals surface area contributed by atoms with E-state index in [9.17, 15) is 14.9 Å². The van der Waals surface area contributed by atoms with E-state index in [0.717, 1.165) is 10.5 Å². The number of hydrogen-bond acceptors (Lipinski definition) is 6. The minimum atomic E-state index is -0.599. The van der Waals surface area contributed by atoms with Crippen molar-refractivity contribution < 1.29 is 19.2 Å². The lowest BCUT2D eigenvalue weighted by Crippen LogP contribution is -2.19. The highest BCUT2D eigenvalue weighted by molar-refractivity contribution is 8.00. The molecule has 0 aromatic heterocycles. The predicted octanol–water partition coefficient (Wildman–Crippen LogP) is 5.49. The Bertz CT molecular complexity index is 1130. The van der Waals surface area contributed by atoms with Crippen molar-refractivity contribution in [3.63, 3.8) is 0 Å². The lowest BCUT2D eigenvalue weighted by Gasteiger charge is -2.21. The Balaban J connectivity index is 1.60. The van der Waals surface area contributed by atoms with Gasteiger partial charge in [-0.1, -0.05) is 41.9 Å². The molecule has 0 bridgehead atoms. The average molecular weight is 457 g/mol. The van der Waals surface area contributed by atoms with Crippen LogP contribution in [-0.4, -0.2) is 24.0 Å².